The van der Waals surface area contributed by atoms with Gasteiger partial charge in [-0.15, -0.1) is 0 Å². The molecule has 3 aromatic rings. The second-order valence-corrected chi connectivity index (χ2v) is 11.0. The van der Waals surface area contributed by atoms with E-state index in [0.29, 0.717) is 37.9 Å². The molecule has 0 bridgehead atoms. The van der Waals surface area contributed by atoms with Gasteiger partial charge in [0.1, 0.15) is 0 Å². The van der Waals surface area contributed by atoms with Crippen molar-refractivity contribution in [1.82, 2.24) is 0 Å². The predicted molar refractivity (Wildman–Crippen MR) is 152 cm³/mol. The molecule has 4 rings (SSSR count). The van der Waals surface area contributed by atoms with Crippen molar-refractivity contribution in [3.8, 4) is 22.6 Å². The Morgan fingerprint density at radius 2 is 1.24 bits per heavy atom. The monoisotopic (exact) mass is 592 g/mol. The summed E-state index contributed by atoms with van der Waals surface area (Å²) in [5, 5.41) is 0. The van der Waals surface area contributed by atoms with Crippen molar-refractivity contribution in [2.45, 2.75) is 84.0 Å². The SMILES string of the molecule is CCCCCCOc1ccc(CCC2CCC(c3ccc(-c4ccc(OCC)c(F)c4F)c(F)c3F)CC2)c(F)c1F. The lowest BCUT2D eigenvalue weighted by atomic mass is 9.76. The van der Waals surface area contributed by atoms with E-state index in [9.17, 15) is 17.6 Å². The van der Waals surface area contributed by atoms with Gasteiger partial charge in [0, 0.05) is 11.1 Å². The largest absolute Gasteiger partial charge is 0.491 e. The first-order valence-electron chi connectivity index (χ1n) is 14.9. The van der Waals surface area contributed by atoms with Gasteiger partial charge in [0.05, 0.1) is 13.2 Å². The minimum Gasteiger partial charge on any atom is -0.491 e. The number of unbranched alkanes of at least 4 members (excludes halogenated alkanes) is 3. The van der Waals surface area contributed by atoms with Crippen LogP contribution in [0.25, 0.3) is 11.1 Å². The van der Waals surface area contributed by atoms with Crippen molar-refractivity contribution < 1.29 is 35.8 Å². The van der Waals surface area contributed by atoms with Crippen molar-refractivity contribution in [2.75, 3.05) is 13.2 Å². The van der Waals surface area contributed by atoms with Crippen LogP contribution in [0.1, 0.15) is 88.7 Å². The zero-order valence-electron chi connectivity index (χ0n) is 24.2. The Balaban J connectivity index is 1.34. The van der Waals surface area contributed by atoms with E-state index < -0.39 is 34.9 Å². The molecular weight excluding hydrogens is 554 g/mol. The molecule has 1 saturated carbocycles. The van der Waals surface area contributed by atoms with Gasteiger partial charge in [-0.1, -0.05) is 44.4 Å². The van der Waals surface area contributed by atoms with Gasteiger partial charge in [-0.25, -0.2) is 17.6 Å². The molecule has 0 saturated heterocycles. The fraction of sp³-hybridized carbons (Fsp3) is 0.471. The molecule has 0 atom stereocenters. The van der Waals surface area contributed by atoms with E-state index in [4.69, 9.17) is 9.47 Å². The summed E-state index contributed by atoms with van der Waals surface area (Å²) in [5.41, 5.74) is -0.223. The molecule has 3 aromatic carbocycles. The van der Waals surface area contributed by atoms with E-state index in [1.807, 2.05) is 0 Å². The number of benzene rings is 3. The van der Waals surface area contributed by atoms with Crippen molar-refractivity contribution in [3.05, 3.63) is 82.4 Å². The summed E-state index contributed by atoms with van der Waals surface area (Å²) >= 11 is 0. The molecule has 0 spiro atoms. The first kappa shape index (κ1) is 31.8. The van der Waals surface area contributed by atoms with Crippen LogP contribution in [-0.4, -0.2) is 13.2 Å². The molecule has 1 aliphatic carbocycles. The Labute approximate surface area is 244 Å². The van der Waals surface area contributed by atoms with E-state index in [0.717, 1.165) is 38.5 Å². The van der Waals surface area contributed by atoms with Crippen molar-refractivity contribution >= 4 is 0 Å². The van der Waals surface area contributed by atoms with Crippen LogP contribution < -0.4 is 9.47 Å². The number of aryl methyl sites for hydroxylation is 1. The molecule has 1 fully saturated rings. The maximum absolute atomic E-state index is 15.2. The molecular formula is C34H38F6O2. The molecule has 0 radical (unpaired) electrons. The second-order valence-electron chi connectivity index (χ2n) is 11.0. The Hall–Kier alpha value is -3.16. The standard InChI is InChI=1S/C34H38F6O2/c1-3-5-6-7-20-42-28-18-14-23(29(35)33(28)39)13-10-21-8-11-22(12-9-21)24-15-16-25(31(37)30(24)36)26-17-19-27(41-4-2)34(40)32(26)38/h14-19,21-22H,3-13,20H2,1-2H3. The lowest BCUT2D eigenvalue weighted by Gasteiger charge is -2.29. The third-order valence-electron chi connectivity index (χ3n) is 8.24. The maximum atomic E-state index is 15.2. The minimum absolute atomic E-state index is 0.0658. The molecule has 0 aromatic heterocycles. The Bertz CT molecular complexity index is 1350. The number of halogens is 6. The summed E-state index contributed by atoms with van der Waals surface area (Å²) in [7, 11) is 0. The van der Waals surface area contributed by atoms with Gasteiger partial charge in [-0.2, -0.15) is 8.78 Å². The topological polar surface area (TPSA) is 18.5 Å². The second kappa shape index (κ2) is 14.8. The first-order chi connectivity index (χ1) is 20.3. The molecule has 2 nitrogen and oxygen atoms in total. The molecule has 0 aliphatic heterocycles. The predicted octanol–water partition coefficient (Wildman–Crippen LogP) is 10.5. The third-order valence-corrected chi connectivity index (χ3v) is 8.24. The van der Waals surface area contributed by atoms with Gasteiger partial charge < -0.3 is 9.47 Å². The highest BCUT2D eigenvalue weighted by Crippen LogP contribution is 2.41. The zero-order chi connectivity index (χ0) is 30.2. The van der Waals surface area contributed by atoms with E-state index in [1.165, 1.54) is 30.3 Å². The van der Waals surface area contributed by atoms with E-state index in [2.05, 4.69) is 6.92 Å². The van der Waals surface area contributed by atoms with Gasteiger partial charge in [0.15, 0.2) is 34.8 Å². The van der Waals surface area contributed by atoms with Crippen LogP contribution in [0.4, 0.5) is 26.3 Å². The van der Waals surface area contributed by atoms with Gasteiger partial charge >= 0.3 is 0 Å². The van der Waals surface area contributed by atoms with E-state index in [1.54, 1.807) is 13.0 Å². The van der Waals surface area contributed by atoms with Gasteiger partial charge in [-0.3, -0.25) is 0 Å². The average molecular weight is 593 g/mol. The zero-order valence-corrected chi connectivity index (χ0v) is 24.2. The molecule has 8 heteroatoms. The van der Waals surface area contributed by atoms with Crippen molar-refractivity contribution in [2.24, 2.45) is 5.92 Å². The summed E-state index contributed by atoms with van der Waals surface area (Å²) in [6.07, 6.45) is 7.63. The summed E-state index contributed by atoms with van der Waals surface area (Å²) in [6.45, 7) is 4.20. The lowest BCUT2D eigenvalue weighted by molar-refractivity contribution is 0.283. The third kappa shape index (κ3) is 7.24. The Morgan fingerprint density at radius 1 is 0.619 bits per heavy atom. The normalized spacial score (nSPS) is 17.0. The van der Waals surface area contributed by atoms with Crippen LogP contribution in [-0.2, 0) is 6.42 Å². The molecule has 42 heavy (non-hydrogen) atoms. The molecule has 228 valence electrons. The van der Waals surface area contributed by atoms with Crippen LogP contribution in [0.15, 0.2) is 36.4 Å². The number of rotatable bonds is 13. The summed E-state index contributed by atoms with van der Waals surface area (Å²) in [6, 6.07) is 8.16. The van der Waals surface area contributed by atoms with Crippen molar-refractivity contribution in [1.29, 1.82) is 0 Å². The first-order valence-corrected chi connectivity index (χ1v) is 14.9. The molecule has 0 N–H and O–H groups in total. The van der Waals surface area contributed by atoms with Gasteiger partial charge in [0.25, 0.3) is 0 Å². The lowest BCUT2D eigenvalue weighted by Crippen LogP contribution is -2.16. The highest BCUT2D eigenvalue weighted by Gasteiger charge is 2.28. The quantitative estimate of drug-likeness (QED) is 0.145. The summed E-state index contributed by atoms with van der Waals surface area (Å²) < 4.78 is 98.9. The van der Waals surface area contributed by atoms with Crippen LogP contribution >= 0.6 is 0 Å². The highest BCUT2D eigenvalue weighted by molar-refractivity contribution is 5.66. The highest BCUT2D eigenvalue weighted by atomic mass is 19.2. The van der Waals surface area contributed by atoms with Crippen LogP contribution in [0.5, 0.6) is 11.5 Å². The summed E-state index contributed by atoms with van der Waals surface area (Å²) in [5.74, 6) is -7.01. The molecule has 0 heterocycles. The molecule has 0 amide bonds. The fourth-order valence-corrected chi connectivity index (χ4v) is 5.80. The van der Waals surface area contributed by atoms with Crippen molar-refractivity contribution in [3.63, 3.8) is 0 Å². The van der Waals surface area contributed by atoms with Gasteiger partial charge in [0.2, 0.25) is 11.6 Å². The maximum Gasteiger partial charge on any atom is 0.201 e. The molecule has 1 aliphatic rings. The van der Waals surface area contributed by atoms with E-state index >= 15 is 8.78 Å². The van der Waals surface area contributed by atoms with Crippen LogP contribution in [0.3, 0.4) is 0 Å². The van der Waals surface area contributed by atoms with Gasteiger partial charge in [-0.05, 0) is 93.0 Å². The number of hydrogen-bond donors (Lipinski definition) is 0. The smallest absolute Gasteiger partial charge is 0.201 e. The van der Waals surface area contributed by atoms with Crippen LogP contribution in [0, 0.1) is 40.8 Å². The van der Waals surface area contributed by atoms with E-state index in [-0.39, 0.29) is 46.6 Å². The summed E-state index contributed by atoms with van der Waals surface area (Å²) in [4.78, 5) is 0. The number of hydrogen-bond acceptors (Lipinski definition) is 2. The molecule has 0 unspecified atom stereocenters. The average Bonchev–Trinajstić information content (AvgIpc) is 2.99. The van der Waals surface area contributed by atoms with Crippen LogP contribution in [0.2, 0.25) is 0 Å². The fourth-order valence-electron chi connectivity index (χ4n) is 5.80. The number of ether oxygens (including phenoxy) is 2. The Morgan fingerprint density at radius 3 is 1.93 bits per heavy atom. The minimum atomic E-state index is -1.30. The Kier molecular flexibility index (Phi) is 11.2.